The predicted molar refractivity (Wildman–Crippen MR) is 284 cm³/mol. The molecule has 10 aromatic rings. The van der Waals surface area contributed by atoms with Gasteiger partial charge in [0.05, 0.1) is 0 Å². The Balaban J connectivity index is 1.02. The Morgan fingerprint density at radius 2 is 1.36 bits per heavy atom. The summed E-state index contributed by atoms with van der Waals surface area (Å²) < 4.78 is 74.8. The van der Waals surface area contributed by atoms with Gasteiger partial charge in [0.15, 0.2) is 0 Å². The molecule has 0 radical (unpaired) electrons. The van der Waals surface area contributed by atoms with Crippen molar-refractivity contribution in [3.05, 3.63) is 221 Å². The molecule has 2 aliphatic rings. The number of hydrogen-bond acceptors (Lipinski definition) is 4. The number of anilines is 4. The van der Waals surface area contributed by atoms with Crippen LogP contribution in [-0.4, -0.2) is 21.1 Å². The second kappa shape index (κ2) is 17.5. The van der Waals surface area contributed by atoms with Gasteiger partial charge in [0.1, 0.15) is 0 Å². The molecule has 2 aromatic heterocycles. The molecule has 8 aromatic carbocycles. The quantitative estimate of drug-likeness (QED) is 0.107. The number of imidazole rings is 1. The van der Waals surface area contributed by atoms with Crippen LogP contribution in [0, 0.1) is 21.9 Å². The van der Waals surface area contributed by atoms with E-state index in [1.807, 2.05) is 92.7 Å². The van der Waals surface area contributed by atoms with E-state index in [0.717, 1.165) is 61.4 Å². The molecule has 70 heavy (non-hydrogen) atoms. The molecule has 0 saturated carbocycles. The molecule has 0 amide bonds. The van der Waals surface area contributed by atoms with Crippen LogP contribution in [0.3, 0.4) is 0 Å². The number of nitrogens with zero attached hydrogens (tertiary/aromatic N) is 5. The third-order valence-corrected chi connectivity index (χ3v) is 14.0. The van der Waals surface area contributed by atoms with Crippen LogP contribution in [0.4, 0.5) is 22.9 Å². The molecule has 2 aliphatic heterocycles. The van der Waals surface area contributed by atoms with Crippen molar-refractivity contribution in [2.45, 2.75) is 46.4 Å². The average Bonchev–Trinajstić information content (AvgIpc) is 4.20. The maximum absolute atomic E-state index is 9.44. The molecule has 6 nitrogen and oxygen atoms in total. The van der Waals surface area contributed by atoms with Crippen molar-refractivity contribution in [2.75, 3.05) is 9.62 Å². The van der Waals surface area contributed by atoms with Gasteiger partial charge in [-0.05, 0) is 11.6 Å². The zero-order valence-electron chi connectivity index (χ0n) is 46.2. The minimum atomic E-state index is -1.77. The molecule has 0 aliphatic carbocycles. The summed E-state index contributed by atoms with van der Waals surface area (Å²) in [6, 6.07) is 59.2. The number of ether oxygens (including phenoxy) is 1. The Bertz CT molecular complexity index is 4070. The van der Waals surface area contributed by atoms with Crippen LogP contribution in [0.2, 0.25) is 0 Å². The zero-order chi connectivity index (χ0) is 53.8. The van der Waals surface area contributed by atoms with Crippen molar-refractivity contribution in [3.8, 4) is 56.4 Å². The van der Waals surface area contributed by atoms with Gasteiger partial charge in [-0.25, -0.2) is 0 Å². The van der Waals surface area contributed by atoms with Crippen molar-refractivity contribution in [3.63, 3.8) is 0 Å². The van der Waals surface area contributed by atoms with Crippen LogP contribution in [0.15, 0.2) is 194 Å². The van der Waals surface area contributed by atoms with Gasteiger partial charge in [0.2, 0.25) is 0 Å². The van der Waals surface area contributed by atoms with E-state index in [4.69, 9.17) is 13.8 Å². The average molecular weight is 1090 g/mol. The summed E-state index contributed by atoms with van der Waals surface area (Å²) in [4.78, 5) is 9.69. The monoisotopic (exact) mass is 1090 g/mol. The molecule has 8 heteroatoms. The number of para-hydroxylation sites is 5. The van der Waals surface area contributed by atoms with Crippen molar-refractivity contribution in [2.24, 2.45) is 5.92 Å². The first-order chi connectivity index (χ1) is 36.9. The molecule has 0 bridgehead atoms. The Hall–Kier alpha value is -7.47. The summed E-state index contributed by atoms with van der Waals surface area (Å²) in [5.74, 6) is 0.640. The third kappa shape index (κ3) is 7.55. The van der Waals surface area contributed by atoms with E-state index in [2.05, 4.69) is 150 Å². The number of aromatic nitrogens is 3. The first-order valence-corrected chi connectivity index (χ1v) is 24.6. The maximum atomic E-state index is 9.44. The molecule has 0 fully saturated rings. The Morgan fingerprint density at radius 3 is 2.13 bits per heavy atom. The van der Waals surface area contributed by atoms with Gasteiger partial charge < -0.3 is 0 Å². The molecular formula is C62H50BN5OPt-2. The van der Waals surface area contributed by atoms with Crippen LogP contribution in [0.1, 0.15) is 55.3 Å². The standard InChI is InChI=1S/C62H50BN5O.Pt/c1-42(2)37-43-38-59(68-58-32-16-15-31-57(58)67-54-28-12-10-24-52(54)51-23-9-11-27-53(51)63(67)68)64-60(39-43)69-48-22-17-21-47(40-48)65-41-66(56-30-14-13-29-55(56)65)61-49(44-19-7-6-8-20-44)25-18-26-50(61)45-33-35-46(36-34-45)62(3,4)5;/h6-31,33-36,38-39,42H,37H2,1-5H3;/q-2;/i6D,7D,8D,19D,20D,37D2;. The second-order valence-corrected chi connectivity index (χ2v) is 19.9. The van der Waals surface area contributed by atoms with Gasteiger partial charge in [-0.2, -0.15) is 12.1 Å². The third-order valence-electron chi connectivity index (χ3n) is 13.0. The number of rotatable bonds is 9. The van der Waals surface area contributed by atoms with Gasteiger partial charge in [-0.1, -0.05) is 42.5 Å². The molecule has 0 spiro atoms. The topological polar surface area (TPSA) is 38.5 Å². The van der Waals surface area contributed by atoms with Crippen LogP contribution in [-0.2, 0) is 31.1 Å². The Kier molecular flexibility index (Phi) is 9.12. The van der Waals surface area contributed by atoms with Gasteiger partial charge in [-0.3, -0.25) is 0 Å². The van der Waals surface area contributed by atoms with E-state index in [1.165, 1.54) is 0 Å². The van der Waals surface area contributed by atoms with Crippen molar-refractivity contribution >= 4 is 46.4 Å². The van der Waals surface area contributed by atoms with E-state index >= 15 is 0 Å². The van der Waals surface area contributed by atoms with Gasteiger partial charge in [-0.15, -0.1) is 6.07 Å². The van der Waals surface area contributed by atoms with Crippen molar-refractivity contribution in [1.29, 1.82) is 0 Å². The molecule has 0 N–H and O–H groups in total. The van der Waals surface area contributed by atoms with E-state index in [0.29, 0.717) is 37.9 Å². The van der Waals surface area contributed by atoms with Gasteiger partial charge >= 0.3 is 350 Å². The molecule has 4 heterocycles. The predicted octanol–water partition coefficient (Wildman–Crippen LogP) is 14.8. The van der Waals surface area contributed by atoms with Crippen LogP contribution in [0.25, 0.3) is 55.8 Å². The SMILES string of the molecule is [2H]c1c([2H])c([2H])c(-c2cccc(-c3ccc(C(C)(C)C)cc3)c2-n2[c](=[Pt])n(-c3[c-]c(Oc4cc(C([2H])([2H])C(C)C)cc(N5B6c7ccccc7-c7ccccc7N6c6ccc[c-]c65)n4)ccc3)c3ccccc32)c([2H])c1[2H]. The summed E-state index contributed by atoms with van der Waals surface area (Å²) in [6.07, 6.45) is -1.77. The zero-order valence-corrected chi connectivity index (χ0v) is 41.5. The summed E-state index contributed by atoms with van der Waals surface area (Å²) in [6.45, 7) is 9.89. The van der Waals surface area contributed by atoms with Crippen LogP contribution < -0.4 is 19.8 Å². The van der Waals surface area contributed by atoms with Crippen LogP contribution in [0.5, 0.6) is 11.6 Å². The summed E-state index contributed by atoms with van der Waals surface area (Å²) in [7, 11) is 0. The molecular weight excluding hydrogens is 1040 g/mol. The summed E-state index contributed by atoms with van der Waals surface area (Å²) in [5.41, 5.74) is 12.7. The van der Waals surface area contributed by atoms with Gasteiger partial charge in [0.25, 0.3) is 0 Å². The first kappa shape index (κ1) is 36.5. The number of hydrogen-bond donors (Lipinski definition) is 0. The van der Waals surface area contributed by atoms with Gasteiger partial charge in [0, 0.05) is 11.3 Å². The minimum absolute atomic E-state index is 0.0950. The fourth-order valence-electron chi connectivity index (χ4n) is 9.96. The van der Waals surface area contributed by atoms with E-state index in [9.17, 15) is 5.48 Å². The van der Waals surface area contributed by atoms with Crippen molar-refractivity contribution < 1.29 is 33.7 Å². The van der Waals surface area contributed by atoms with Crippen molar-refractivity contribution in [1.82, 2.24) is 14.1 Å². The van der Waals surface area contributed by atoms with E-state index in [1.54, 1.807) is 6.07 Å². The fourth-order valence-corrected chi connectivity index (χ4v) is 11.0. The Morgan fingerprint density at radius 1 is 0.686 bits per heavy atom. The van der Waals surface area contributed by atoms with Crippen LogP contribution >= 0.6 is 0 Å². The molecule has 0 atom stereocenters. The number of benzene rings is 8. The molecule has 0 unspecified atom stereocenters. The second-order valence-electron chi connectivity index (χ2n) is 18.9. The molecule has 0 saturated heterocycles. The molecule has 344 valence electrons. The Labute approximate surface area is 431 Å². The summed E-state index contributed by atoms with van der Waals surface area (Å²) >= 11 is 2.30. The number of fused-ring (bicyclic) bond motifs is 9. The number of pyridine rings is 1. The summed E-state index contributed by atoms with van der Waals surface area (Å²) in [5, 5.41) is 0. The van der Waals surface area contributed by atoms with E-state index < -0.39 is 24.5 Å². The normalized spacial score (nSPS) is 14.5. The fraction of sp³-hybridized carbons (Fsp3) is 0.129. The molecule has 12 rings (SSSR count). The van der Waals surface area contributed by atoms with E-state index in [-0.39, 0.29) is 41.8 Å². The first-order valence-electron chi connectivity index (χ1n) is 26.9.